The number of carbonyl (C=O) groups is 1. The van der Waals surface area contributed by atoms with Crippen LogP contribution in [0.1, 0.15) is 21.8 Å². The molecule has 6 heteroatoms. The Kier molecular flexibility index (Phi) is 2.57. The molecule has 1 aliphatic heterocycles. The number of rotatable bonds is 3. The first kappa shape index (κ1) is 10.6. The molecule has 1 aromatic carbocycles. The van der Waals surface area contributed by atoms with Gasteiger partial charge in [-0.15, -0.1) is 0 Å². The summed E-state index contributed by atoms with van der Waals surface area (Å²) in [5.41, 5.74) is 0.447. The number of carboxylic acids is 1. The van der Waals surface area contributed by atoms with Crippen LogP contribution in [0.25, 0.3) is 0 Å². The summed E-state index contributed by atoms with van der Waals surface area (Å²) in [5, 5.41) is 22.6. The second-order valence-corrected chi connectivity index (χ2v) is 3.69. The van der Waals surface area contributed by atoms with Gasteiger partial charge in [0.2, 0.25) is 0 Å². The van der Waals surface area contributed by atoms with Crippen LogP contribution in [0.15, 0.2) is 18.2 Å². The minimum atomic E-state index is -1.15. The third-order valence-electron chi connectivity index (χ3n) is 2.70. The van der Waals surface area contributed by atoms with E-state index in [4.69, 9.17) is 5.11 Å². The summed E-state index contributed by atoms with van der Waals surface area (Å²) in [6.45, 7) is 1.40. The number of nitrogens with zero attached hydrogens (tertiary/aromatic N) is 1. The van der Waals surface area contributed by atoms with Crippen molar-refractivity contribution in [1.29, 1.82) is 0 Å². The van der Waals surface area contributed by atoms with Crippen LogP contribution in [0.4, 0.5) is 5.69 Å². The molecule has 1 aromatic rings. The SMILES string of the molecule is O=C(O)c1ccc(C2CNC2)c([N+](=O)[O-])c1. The van der Waals surface area contributed by atoms with Crippen molar-refractivity contribution in [3.8, 4) is 0 Å². The molecule has 2 N–H and O–H groups in total. The van der Waals surface area contributed by atoms with Crippen molar-refractivity contribution in [2.75, 3.05) is 13.1 Å². The van der Waals surface area contributed by atoms with Crippen molar-refractivity contribution in [2.45, 2.75) is 5.92 Å². The normalized spacial score (nSPS) is 15.5. The Morgan fingerprint density at radius 3 is 2.62 bits per heavy atom. The van der Waals surface area contributed by atoms with Gasteiger partial charge in [-0.3, -0.25) is 10.1 Å². The topological polar surface area (TPSA) is 92.5 Å². The Bertz CT molecular complexity index is 454. The summed E-state index contributed by atoms with van der Waals surface area (Å²) >= 11 is 0. The van der Waals surface area contributed by atoms with Crippen LogP contribution in [0.3, 0.4) is 0 Å². The number of nitro groups is 1. The minimum absolute atomic E-state index is 0.0530. The molecule has 0 aromatic heterocycles. The van der Waals surface area contributed by atoms with Crippen molar-refractivity contribution < 1.29 is 14.8 Å². The molecule has 0 spiro atoms. The zero-order chi connectivity index (χ0) is 11.7. The fourth-order valence-corrected chi connectivity index (χ4v) is 1.69. The summed E-state index contributed by atoms with van der Waals surface area (Å²) in [5.74, 6) is -1.04. The number of nitrogens with one attached hydrogen (secondary N) is 1. The Morgan fingerprint density at radius 1 is 1.50 bits per heavy atom. The van der Waals surface area contributed by atoms with E-state index in [1.165, 1.54) is 12.1 Å². The number of hydrogen-bond acceptors (Lipinski definition) is 4. The van der Waals surface area contributed by atoms with Gasteiger partial charge in [0, 0.05) is 30.6 Å². The van der Waals surface area contributed by atoms with E-state index in [1.807, 2.05) is 0 Å². The molecule has 0 saturated carbocycles. The average Bonchev–Trinajstić information content (AvgIpc) is 2.14. The smallest absolute Gasteiger partial charge is 0.335 e. The summed E-state index contributed by atoms with van der Waals surface area (Å²) < 4.78 is 0. The van der Waals surface area contributed by atoms with Crippen molar-refractivity contribution in [3.05, 3.63) is 39.4 Å². The lowest BCUT2D eigenvalue weighted by molar-refractivity contribution is -0.385. The predicted molar refractivity (Wildman–Crippen MR) is 55.7 cm³/mol. The van der Waals surface area contributed by atoms with E-state index in [0.29, 0.717) is 18.7 Å². The Hall–Kier alpha value is -1.95. The maximum atomic E-state index is 10.8. The van der Waals surface area contributed by atoms with Gasteiger partial charge < -0.3 is 10.4 Å². The van der Waals surface area contributed by atoms with Gasteiger partial charge in [-0.1, -0.05) is 6.07 Å². The molecule has 0 amide bonds. The van der Waals surface area contributed by atoms with E-state index in [-0.39, 0.29) is 17.2 Å². The summed E-state index contributed by atoms with van der Waals surface area (Å²) in [6.07, 6.45) is 0. The second-order valence-electron chi connectivity index (χ2n) is 3.69. The molecule has 16 heavy (non-hydrogen) atoms. The van der Waals surface area contributed by atoms with E-state index in [1.54, 1.807) is 0 Å². The summed E-state index contributed by atoms with van der Waals surface area (Å²) in [4.78, 5) is 21.0. The third kappa shape index (κ3) is 1.74. The predicted octanol–water partition coefficient (Wildman–Crippen LogP) is 0.980. The fourth-order valence-electron chi connectivity index (χ4n) is 1.69. The van der Waals surface area contributed by atoms with Crippen molar-refractivity contribution in [1.82, 2.24) is 5.32 Å². The highest BCUT2D eigenvalue weighted by molar-refractivity contribution is 5.88. The maximum Gasteiger partial charge on any atom is 0.335 e. The Balaban J connectivity index is 2.44. The minimum Gasteiger partial charge on any atom is -0.478 e. The van der Waals surface area contributed by atoms with E-state index in [2.05, 4.69) is 5.32 Å². The molecule has 1 fully saturated rings. The second kappa shape index (κ2) is 3.90. The first-order valence-electron chi connectivity index (χ1n) is 4.82. The Labute approximate surface area is 91.0 Å². The van der Waals surface area contributed by atoms with Gasteiger partial charge in [-0.05, 0) is 6.07 Å². The van der Waals surface area contributed by atoms with Crippen molar-refractivity contribution >= 4 is 11.7 Å². The number of nitro benzene ring substituents is 1. The lowest BCUT2D eigenvalue weighted by Gasteiger charge is -2.27. The molecule has 1 heterocycles. The van der Waals surface area contributed by atoms with Crippen molar-refractivity contribution in [3.63, 3.8) is 0 Å². The van der Waals surface area contributed by atoms with Crippen LogP contribution in [0.5, 0.6) is 0 Å². The number of hydrogen-bond donors (Lipinski definition) is 2. The molecular formula is C10H10N2O4. The maximum absolute atomic E-state index is 10.8. The van der Waals surface area contributed by atoms with Crippen molar-refractivity contribution in [2.24, 2.45) is 0 Å². The molecule has 0 unspecified atom stereocenters. The Morgan fingerprint density at radius 2 is 2.19 bits per heavy atom. The molecule has 1 saturated heterocycles. The van der Waals surface area contributed by atoms with E-state index in [9.17, 15) is 14.9 Å². The van der Waals surface area contributed by atoms with Gasteiger partial charge in [0.25, 0.3) is 5.69 Å². The van der Waals surface area contributed by atoms with E-state index >= 15 is 0 Å². The van der Waals surface area contributed by atoms with Gasteiger partial charge in [0.1, 0.15) is 0 Å². The van der Waals surface area contributed by atoms with Crippen LogP contribution in [0, 0.1) is 10.1 Å². The number of benzene rings is 1. The van der Waals surface area contributed by atoms with Gasteiger partial charge in [0.05, 0.1) is 10.5 Å². The third-order valence-corrected chi connectivity index (χ3v) is 2.70. The zero-order valence-corrected chi connectivity index (χ0v) is 8.34. The highest BCUT2D eigenvalue weighted by atomic mass is 16.6. The first-order chi connectivity index (χ1) is 7.59. The molecule has 0 bridgehead atoms. The lowest BCUT2D eigenvalue weighted by atomic mass is 9.91. The number of carboxylic acid groups (broad SMARTS) is 1. The average molecular weight is 222 g/mol. The molecule has 6 nitrogen and oxygen atoms in total. The molecule has 0 aliphatic carbocycles. The molecule has 84 valence electrons. The van der Waals surface area contributed by atoms with Crippen LogP contribution in [-0.4, -0.2) is 29.1 Å². The number of aromatic carboxylic acids is 1. The molecule has 1 aliphatic rings. The van der Waals surface area contributed by atoms with Gasteiger partial charge in [0.15, 0.2) is 0 Å². The van der Waals surface area contributed by atoms with E-state index in [0.717, 1.165) is 6.07 Å². The molecule has 0 radical (unpaired) electrons. The first-order valence-corrected chi connectivity index (χ1v) is 4.82. The lowest BCUT2D eigenvalue weighted by Crippen LogP contribution is -2.40. The summed E-state index contributed by atoms with van der Waals surface area (Å²) in [6, 6.07) is 4.06. The van der Waals surface area contributed by atoms with Crippen LogP contribution < -0.4 is 5.32 Å². The fraction of sp³-hybridized carbons (Fsp3) is 0.300. The zero-order valence-electron chi connectivity index (χ0n) is 8.34. The largest absolute Gasteiger partial charge is 0.478 e. The van der Waals surface area contributed by atoms with Gasteiger partial charge in [-0.25, -0.2) is 4.79 Å². The molecule has 0 atom stereocenters. The van der Waals surface area contributed by atoms with Gasteiger partial charge >= 0.3 is 5.97 Å². The monoisotopic (exact) mass is 222 g/mol. The quantitative estimate of drug-likeness (QED) is 0.587. The van der Waals surface area contributed by atoms with E-state index < -0.39 is 10.9 Å². The van der Waals surface area contributed by atoms with Gasteiger partial charge in [-0.2, -0.15) is 0 Å². The van der Waals surface area contributed by atoms with Crippen LogP contribution >= 0.6 is 0 Å². The standard InChI is InChI=1S/C10H10N2O4/c13-10(14)6-1-2-8(7-4-11-5-7)9(3-6)12(15)16/h1-3,7,11H,4-5H2,(H,13,14). The highest BCUT2D eigenvalue weighted by Crippen LogP contribution is 2.29. The van der Waals surface area contributed by atoms with Crippen LogP contribution in [-0.2, 0) is 0 Å². The molecule has 2 rings (SSSR count). The van der Waals surface area contributed by atoms with Crippen LogP contribution in [0.2, 0.25) is 0 Å². The summed E-state index contributed by atoms with van der Waals surface area (Å²) in [7, 11) is 0. The highest BCUT2D eigenvalue weighted by Gasteiger charge is 2.27. The molecular weight excluding hydrogens is 212 g/mol.